The topological polar surface area (TPSA) is 63.5 Å². The largest absolute Gasteiger partial charge is 0.508 e. The molecule has 0 spiro atoms. The number of hydrogen-bond donors (Lipinski definition) is 2. The lowest BCUT2D eigenvalue weighted by Gasteiger charge is -2.23. The van der Waals surface area contributed by atoms with Gasteiger partial charge in [0.15, 0.2) is 0 Å². The maximum Gasteiger partial charge on any atom is 0.206 e. The number of likely N-dealkylation sites (N-methyl/N-ethyl adjacent to an activating group) is 1. The van der Waals surface area contributed by atoms with Crippen molar-refractivity contribution in [3.63, 3.8) is 0 Å². The lowest BCUT2D eigenvalue weighted by Crippen LogP contribution is -2.46. The molecule has 22 heavy (non-hydrogen) atoms. The van der Waals surface area contributed by atoms with Gasteiger partial charge in [0.25, 0.3) is 0 Å². The number of benzene rings is 1. The molecule has 0 saturated carbocycles. The minimum atomic E-state index is 0. The molecular formula is C15H22IN5O. The molecule has 1 aromatic rings. The zero-order valence-electron chi connectivity index (χ0n) is 12.7. The molecule has 0 radical (unpaired) electrons. The fourth-order valence-corrected chi connectivity index (χ4v) is 2.52. The average molecular weight is 415 g/mol. The minimum absolute atomic E-state index is 0. The second-order valence-electron chi connectivity index (χ2n) is 5.40. The van der Waals surface area contributed by atoms with E-state index in [1.165, 1.54) is 12.8 Å². The summed E-state index contributed by atoms with van der Waals surface area (Å²) in [5.41, 5.74) is 0.823. The van der Waals surface area contributed by atoms with Gasteiger partial charge in [0, 0.05) is 26.7 Å². The highest BCUT2D eigenvalue weighted by Crippen LogP contribution is 2.18. The Kier molecular flexibility index (Phi) is 5.87. The smallest absolute Gasteiger partial charge is 0.206 e. The summed E-state index contributed by atoms with van der Waals surface area (Å²) in [6, 6.07) is 6.93. The summed E-state index contributed by atoms with van der Waals surface area (Å²) in [4.78, 5) is 13.5. The van der Waals surface area contributed by atoms with E-state index in [4.69, 9.17) is 4.99 Å². The monoisotopic (exact) mass is 415 g/mol. The fraction of sp³-hybridized carbons (Fsp3) is 0.467. The first kappa shape index (κ1) is 16.9. The van der Waals surface area contributed by atoms with E-state index in [9.17, 15) is 5.11 Å². The lowest BCUT2D eigenvalue weighted by molar-refractivity contribution is 0.475. The van der Waals surface area contributed by atoms with Gasteiger partial charge >= 0.3 is 0 Å². The molecule has 3 rings (SSSR count). The number of halogens is 1. The molecule has 0 amide bonds. The number of phenols is 1. The number of aliphatic imine (C=N–C) groups is 2. The van der Waals surface area contributed by atoms with Gasteiger partial charge in [0.05, 0.1) is 12.2 Å². The van der Waals surface area contributed by atoms with Gasteiger partial charge in [0.1, 0.15) is 5.75 Å². The molecule has 2 aliphatic rings. The number of nitrogens with zero attached hydrogens (tertiary/aromatic N) is 4. The SMILES string of the molecule is CN1CCN=C1N/C(=N/c1ccc(O)cc1)N1CCCC1.I. The molecule has 0 atom stereocenters. The predicted molar refractivity (Wildman–Crippen MR) is 99.5 cm³/mol. The van der Waals surface area contributed by atoms with Gasteiger partial charge in [-0.15, -0.1) is 24.0 Å². The van der Waals surface area contributed by atoms with Crippen molar-refractivity contribution in [2.75, 3.05) is 33.2 Å². The van der Waals surface area contributed by atoms with Crippen LogP contribution >= 0.6 is 24.0 Å². The molecule has 6 nitrogen and oxygen atoms in total. The van der Waals surface area contributed by atoms with Crippen LogP contribution in [0.2, 0.25) is 0 Å². The number of rotatable bonds is 1. The van der Waals surface area contributed by atoms with Crippen LogP contribution in [0.15, 0.2) is 34.3 Å². The van der Waals surface area contributed by atoms with Gasteiger partial charge in [-0.25, -0.2) is 4.99 Å². The van der Waals surface area contributed by atoms with Crippen LogP contribution in [0.3, 0.4) is 0 Å². The first-order valence-corrected chi connectivity index (χ1v) is 7.38. The number of phenolic OH excluding ortho intramolecular Hbond substituents is 1. The third kappa shape index (κ3) is 4.02. The van der Waals surface area contributed by atoms with Crippen LogP contribution in [0.1, 0.15) is 12.8 Å². The molecule has 0 unspecified atom stereocenters. The molecule has 2 heterocycles. The Labute approximate surface area is 148 Å². The predicted octanol–water partition coefficient (Wildman–Crippen LogP) is 1.98. The summed E-state index contributed by atoms with van der Waals surface area (Å²) in [6.45, 7) is 3.79. The molecule has 0 aliphatic carbocycles. The second kappa shape index (κ2) is 7.66. The number of nitrogens with one attached hydrogen (secondary N) is 1. The Morgan fingerprint density at radius 1 is 1.18 bits per heavy atom. The van der Waals surface area contributed by atoms with Crippen LogP contribution in [-0.2, 0) is 0 Å². The van der Waals surface area contributed by atoms with Crippen molar-refractivity contribution in [1.82, 2.24) is 15.1 Å². The normalized spacial score (nSPS) is 18.2. The molecule has 1 saturated heterocycles. The maximum atomic E-state index is 9.37. The lowest BCUT2D eigenvalue weighted by atomic mass is 10.3. The average Bonchev–Trinajstić information content (AvgIpc) is 3.13. The highest BCUT2D eigenvalue weighted by molar-refractivity contribution is 14.0. The third-order valence-electron chi connectivity index (χ3n) is 3.77. The molecule has 2 N–H and O–H groups in total. The van der Waals surface area contributed by atoms with Gasteiger partial charge in [-0.2, -0.15) is 0 Å². The van der Waals surface area contributed by atoms with Gasteiger partial charge in [0.2, 0.25) is 11.9 Å². The fourth-order valence-electron chi connectivity index (χ4n) is 2.52. The Morgan fingerprint density at radius 2 is 1.86 bits per heavy atom. The number of likely N-dealkylation sites (tertiary alicyclic amines) is 1. The molecule has 7 heteroatoms. The quantitative estimate of drug-likeness (QED) is 0.419. The number of guanidine groups is 2. The first-order chi connectivity index (χ1) is 10.2. The van der Waals surface area contributed by atoms with Crippen LogP contribution in [0.5, 0.6) is 5.75 Å². The molecule has 0 bridgehead atoms. The molecule has 1 fully saturated rings. The van der Waals surface area contributed by atoms with E-state index >= 15 is 0 Å². The summed E-state index contributed by atoms with van der Waals surface area (Å²) in [5.74, 6) is 1.97. The standard InChI is InChI=1S/C15H21N5O.HI/c1-19-11-8-16-14(19)18-15(20-9-2-3-10-20)17-12-4-6-13(21)7-5-12;/h4-7,21H,2-3,8-11H2,1H3,(H,16,17,18);1H. The van der Waals surface area contributed by atoms with E-state index in [1.807, 2.05) is 19.2 Å². The van der Waals surface area contributed by atoms with E-state index < -0.39 is 0 Å². The first-order valence-electron chi connectivity index (χ1n) is 7.38. The molecule has 120 valence electrons. The zero-order chi connectivity index (χ0) is 14.7. The van der Waals surface area contributed by atoms with Crippen LogP contribution in [-0.4, -0.2) is 60.1 Å². The van der Waals surface area contributed by atoms with E-state index in [0.29, 0.717) is 0 Å². The maximum absolute atomic E-state index is 9.37. The van der Waals surface area contributed by atoms with Gasteiger partial charge < -0.3 is 14.9 Å². The van der Waals surface area contributed by atoms with E-state index in [-0.39, 0.29) is 29.7 Å². The Bertz CT molecular complexity index is 552. The number of aromatic hydroxyl groups is 1. The Morgan fingerprint density at radius 3 is 2.45 bits per heavy atom. The van der Waals surface area contributed by atoms with Crippen molar-refractivity contribution >= 4 is 41.6 Å². The van der Waals surface area contributed by atoms with Gasteiger partial charge in [-0.1, -0.05) is 0 Å². The van der Waals surface area contributed by atoms with Crippen molar-refractivity contribution in [3.8, 4) is 5.75 Å². The van der Waals surface area contributed by atoms with Crippen LogP contribution in [0, 0.1) is 0 Å². The van der Waals surface area contributed by atoms with Gasteiger partial charge in [-0.05, 0) is 37.1 Å². The second-order valence-corrected chi connectivity index (χ2v) is 5.40. The molecular weight excluding hydrogens is 393 g/mol. The summed E-state index contributed by atoms with van der Waals surface area (Å²) < 4.78 is 0. The minimum Gasteiger partial charge on any atom is -0.508 e. The van der Waals surface area contributed by atoms with Crippen molar-refractivity contribution in [2.24, 2.45) is 9.98 Å². The third-order valence-corrected chi connectivity index (χ3v) is 3.77. The number of hydrogen-bond acceptors (Lipinski definition) is 4. The van der Waals surface area contributed by atoms with Crippen LogP contribution in [0.25, 0.3) is 0 Å². The van der Waals surface area contributed by atoms with Crippen molar-refractivity contribution < 1.29 is 5.11 Å². The van der Waals surface area contributed by atoms with E-state index in [0.717, 1.165) is 43.8 Å². The molecule has 1 aromatic carbocycles. The summed E-state index contributed by atoms with van der Waals surface area (Å²) in [5, 5.41) is 12.7. The van der Waals surface area contributed by atoms with Crippen molar-refractivity contribution in [3.05, 3.63) is 24.3 Å². The highest BCUT2D eigenvalue weighted by atomic mass is 127. The summed E-state index contributed by atoms with van der Waals surface area (Å²) in [7, 11) is 2.03. The van der Waals surface area contributed by atoms with E-state index in [1.54, 1.807) is 12.1 Å². The molecule has 2 aliphatic heterocycles. The Hall–Kier alpha value is -1.51. The van der Waals surface area contributed by atoms with Gasteiger partial charge in [-0.3, -0.25) is 10.3 Å². The highest BCUT2D eigenvalue weighted by Gasteiger charge is 2.20. The van der Waals surface area contributed by atoms with Crippen LogP contribution in [0.4, 0.5) is 5.69 Å². The van der Waals surface area contributed by atoms with Crippen LogP contribution < -0.4 is 5.32 Å². The molecule has 0 aromatic heterocycles. The van der Waals surface area contributed by atoms with Crippen molar-refractivity contribution in [2.45, 2.75) is 12.8 Å². The summed E-state index contributed by atoms with van der Waals surface area (Å²) in [6.07, 6.45) is 2.39. The summed E-state index contributed by atoms with van der Waals surface area (Å²) >= 11 is 0. The zero-order valence-corrected chi connectivity index (χ0v) is 15.0. The Balaban J connectivity index is 0.00000176. The van der Waals surface area contributed by atoms with E-state index in [2.05, 4.69) is 20.1 Å². The van der Waals surface area contributed by atoms with Crippen molar-refractivity contribution in [1.29, 1.82) is 0 Å².